The Bertz CT molecular complexity index is 217. The first-order valence-electron chi connectivity index (χ1n) is 6.36. The first-order chi connectivity index (χ1) is 7.74. The second-order valence-electron chi connectivity index (χ2n) is 4.56. The van der Waals surface area contributed by atoms with Gasteiger partial charge in [0, 0.05) is 13.1 Å². The van der Waals surface area contributed by atoms with Crippen molar-refractivity contribution in [2.75, 3.05) is 19.7 Å². The van der Waals surface area contributed by atoms with Gasteiger partial charge in [0.05, 0.1) is 18.6 Å². The monoisotopic (exact) mass is 228 g/mol. The van der Waals surface area contributed by atoms with Crippen LogP contribution in [0.2, 0.25) is 0 Å². The Morgan fingerprint density at radius 3 is 2.81 bits per heavy atom. The lowest BCUT2D eigenvalue weighted by molar-refractivity contribution is -0.138. The first-order valence-corrected chi connectivity index (χ1v) is 6.36. The highest BCUT2D eigenvalue weighted by molar-refractivity contribution is 5.79. The number of amides is 1. The van der Waals surface area contributed by atoms with E-state index in [9.17, 15) is 9.90 Å². The fourth-order valence-corrected chi connectivity index (χ4v) is 2.33. The molecular formula is C12H24N2O2. The third kappa shape index (κ3) is 3.19. The number of nitrogens with zero attached hydrogens (tertiary/aromatic N) is 1. The van der Waals surface area contributed by atoms with Crippen LogP contribution in [0.5, 0.6) is 0 Å². The third-order valence-electron chi connectivity index (χ3n) is 3.50. The topological polar surface area (TPSA) is 66.6 Å². The molecule has 1 rings (SSSR count). The van der Waals surface area contributed by atoms with Crippen LogP contribution < -0.4 is 5.73 Å². The van der Waals surface area contributed by atoms with Crippen LogP contribution in [0, 0.1) is 5.92 Å². The number of nitrogens with two attached hydrogens (primary N) is 1. The second-order valence-corrected chi connectivity index (χ2v) is 4.56. The normalized spacial score (nSPS) is 23.9. The molecule has 0 spiro atoms. The zero-order valence-electron chi connectivity index (χ0n) is 10.2. The van der Waals surface area contributed by atoms with Gasteiger partial charge in [-0.05, 0) is 19.3 Å². The van der Waals surface area contributed by atoms with E-state index in [4.69, 9.17) is 5.73 Å². The van der Waals surface area contributed by atoms with Crippen molar-refractivity contribution >= 4 is 5.91 Å². The molecule has 1 amide bonds. The maximum absolute atomic E-state index is 12.2. The van der Waals surface area contributed by atoms with Crippen LogP contribution in [-0.2, 0) is 4.79 Å². The van der Waals surface area contributed by atoms with Crippen molar-refractivity contribution in [1.82, 2.24) is 4.90 Å². The van der Waals surface area contributed by atoms with Crippen LogP contribution in [0.3, 0.4) is 0 Å². The highest BCUT2D eigenvalue weighted by Gasteiger charge is 2.28. The van der Waals surface area contributed by atoms with E-state index in [1.807, 2.05) is 11.8 Å². The largest absolute Gasteiger partial charge is 0.394 e. The predicted molar refractivity (Wildman–Crippen MR) is 63.9 cm³/mol. The van der Waals surface area contributed by atoms with E-state index in [1.54, 1.807) is 0 Å². The fraction of sp³-hybridized carbons (Fsp3) is 0.917. The van der Waals surface area contributed by atoms with Crippen LogP contribution in [0.1, 0.15) is 39.0 Å². The van der Waals surface area contributed by atoms with E-state index >= 15 is 0 Å². The van der Waals surface area contributed by atoms with Gasteiger partial charge >= 0.3 is 0 Å². The number of likely N-dealkylation sites (tertiary alicyclic amines) is 1. The van der Waals surface area contributed by atoms with E-state index in [2.05, 4.69) is 0 Å². The molecule has 2 atom stereocenters. The Kier molecular flexibility index (Phi) is 5.77. The van der Waals surface area contributed by atoms with Crippen LogP contribution in [0.15, 0.2) is 0 Å². The van der Waals surface area contributed by atoms with Crippen LogP contribution in [-0.4, -0.2) is 41.7 Å². The van der Waals surface area contributed by atoms with E-state index in [1.165, 1.54) is 0 Å². The van der Waals surface area contributed by atoms with Gasteiger partial charge in [-0.3, -0.25) is 4.79 Å². The fourth-order valence-electron chi connectivity index (χ4n) is 2.33. The Morgan fingerprint density at radius 2 is 2.25 bits per heavy atom. The summed E-state index contributed by atoms with van der Waals surface area (Å²) in [5, 5.41) is 9.34. The maximum Gasteiger partial charge on any atom is 0.227 e. The number of aliphatic hydroxyl groups is 1. The number of hydrogen-bond acceptors (Lipinski definition) is 3. The number of hydrogen-bond donors (Lipinski definition) is 2. The molecule has 4 heteroatoms. The summed E-state index contributed by atoms with van der Waals surface area (Å²) in [6, 6.07) is 0.00981. The number of aliphatic hydroxyl groups excluding tert-OH is 1. The average Bonchev–Trinajstić information content (AvgIpc) is 2.55. The molecule has 3 N–H and O–H groups in total. The standard InChI is InChI=1S/C12H24N2O2/c1-2-10(8-13)12(16)14-7-5-3-4-6-11(14)9-15/h10-11,15H,2-9,13H2,1H3. The molecule has 16 heavy (non-hydrogen) atoms. The van der Waals surface area contributed by atoms with Crippen molar-refractivity contribution in [3.63, 3.8) is 0 Å². The van der Waals surface area contributed by atoms with Crippen molar-refractivity contribution in [2.45, 2.75) is 45.1 Å². The van der Waals surface area contributed by atoms with Gasteiger partial charge in [-0.1, -0.05) is 19.8 Å². The van der Waals surface area contributed by atoms with Crippen LogP contribution >= 0.6 is 0 Å². The number of rotatable bonds is 4. The summed E-state index contributed by atoms with van der Waals surface area (Å²) in [7, 11) is 0. The smallest absolute Gasteiger partial charge is 0.227 e. The molecule has 1 saturated heterocycles. The first kappa shape index (κ1) is 13.5. The quantitative estimate of drug-likeness (QED) is 0.745. The summed E-state index contributed by atoms with van der Waals surface area (Å²) >= 11 is 0. The van der Waals surface area contributed by atoms with E-state index in [0.717, 1.165) is 38.6 Å². The van der Waals surface area contributed by atoms with Crippen molar-refractivity contribution in [3.8, 4) is 0 Å². The Balaban J connectivity index is 2.68. The molecule has 1 heterocycles. The van der Waals surface area contributed by atoms with Gasteiger partial charge in [0.25, 0.3) is 0 Å². The van der Waals surface area contributed by atoms with Crippen molar-refractivity contribution in [3.05, 3.63) is 0 Å². The molecule has 0 saturated carbocycles. The Labute approximate surface area is 97.8 Å². The molecule has 94 valence electrons. The summed E-state index contributed by atoms with van der Waals surface area (Å²) in [5.74, 6) is 0.0538. The zero-order valence-corrected chi connectivity index (χ0v) is 10.2. The third-order valence-corrected chi connectivity index (χ3v) is 3.50. The lowest BCUT2D eigenvalue weighted by Gasteiger charge is -2.31. The van der Waals surface area contributed by atoms with E-state index in [-0.39, 0.29) is 24.5 Å². The molecule has 4 nitrogen and oxygen atoms in total. The van der Waals surface area contributed by atoms with Gasteiger partial charge in [-0.15, -0.1) is 0 Å². The molecule has 1 fully saturated rings. The summed E-state index contributed by atoms with van der Waals surface area (Å²) in [4.78, 5) is 14.1. The minimum absolute atomic E-state index is 0.00981. The minimum Gasteiger partial charge on any atom is -0.394 e. The lowest BCUT2D eigenvalue weighted by Crippen LogP contribution is -2.46. The number of carbonyl (C=O) groups excluding carboxylic acids is 1. The molecule has 1 aliphatic rings. The molecule has 0 aliphatic carbocycles. The van der Waals surface area contributed by atoms with Crippen molar-refractivity contribution < 1.29 is 9.90 Å². The van der Waals surface area contributed by atoms with Gasteiger partial charge in [0.2, 0.25) is 5.91 Å². The van der Waals surface area contributed by atoms with Crippen LogP contribution in [0.4, 0.5) is 0 Å². The summed E-state index contributed by atoms with van der Waals surface area (Å²) in [6.07, 6.45) is 5.00. The number of carbonyl (C=O) groups is 1. The predicted octanol–water partition coefficient (Wildman–Crippen LogP) is 0.735. The summed E-state index contributed by atoms with van der Waals surface area (Å²) in [5.41, 5.74) is 5.61. The molecule has 0 radical (unpaired) electrons. The lowest BCUT2D eigenvalue weighted by atomic mass is 10.0. The Morgan fingerprint density at radius 1 is 1.50 bits per heavy atom. The molecule has 0 aromatic rings. The van der Waals surface area contributed by atoms with Gasteiger partial charge in [-0.25, -0.2) is 0 Å². The maximum atomic E-state index is 12.2. The molecule has 2 unspecified atom stereocenters. The van der Waals surface area contributed by atoms with Gasteiger partial charge in [0.1, 0.15) is 0 Å². The summed E-state index contributed by atoms with van der Waals surface area (Å²) in [6.45, 7) is 3.25. The summed E-state index contributed by atoms with van der Waals surface area (Å²) < 4.78 is 0. The minimum atomic E-state index is -0.0767. The van der Waals surface area contributed by atoms with Crippen LogP contribution in [0.25, 0.3) is 0 Å². The zero-order chi connectivity index (χ0) is 12.0. The SMILES string of the molecule is CCC(CN)C(=O)N1CCCCCC1CO. The molecule has 1 aliphatic heterocycles. The molecular weight excluding hydrogens is 204 g/mol. The molecule has 0 bridgehead atoms. The van der Waals surface area contributed by atoms with E-state index in [0.29, 0.717) is 6.54 Å². The van der Waals surface area contributed by atoms with Crippen molar-refractivity contribution in [2.24, 2.45) is 11.7 Å². The molecule has 0 aromatic carbocycles. The average molecular weight is 228 g/mol. The van der Waals surface area contributed by atoms with Crippen molar-refractivity contribution in [1.29, 1.82) is 0 Å². The van der Waals surface area contributed by atoms with Gasteiger partial charge < -0.3 is 15.7 Å². The highest BCUT2D eigenvalue weighted by Crippen LogP contribution is 2.19. The van der Waals surface area contributed by atoms with Gasteiger partial charge in [0.15, 0.2) is 0 Å². The van der Waals surface area contributed by atoms with E-state index < -0.39 is 0 Å². The second kappa shape index (κ2) is 6.86. The van der Waals surface area contributed by atoms with Gasteiger partial charge in [-0.2, -0.15) is 0 Å². The Hall–Kier alpha value is -0.610. The molecule has 0 aromatic heterocycles. The highest BCUT2D eigenvalue weighted by atomic mass is 16.3.